The molecule has 0 bridgehead atoms. The fourth-order valence-electron chi connectivity index (χ4n) is 3.43. The Kier molecular flexibility index (Phi) is 13.3. The molecule has 2 aromatic rings. The van der Waals surface area contributed by atoms with Crippen molar-refractivity contribution in [3.05, 3.63) is 54.9 Å². The lowest BCUT2D eigenvalue weighted by Gasteiger charge is -2.07. The second-order valence-electron chi connectivity index (χ2n) is 8.06. The molecule has 0 aliphatic carbocycles. The number of unbranched alkanes of at least 4 members (excludes halogenated alkanes) is 7. The molecule has 0 unspecified atom stereocenters. The zero-order chi connectivity index (χ0) is 22.0. The van der Waals surface area contributed by atoms with Crippen LogP contribution in [0.1, 0.15) is 76.7 Å². The Bertz CT molecular complexity index is 698. The van der Waals surface area contributed by atoms with E-state index in [0.717, 1.165) is 69.1 Å². The fraction of sp³-hybridized carbons (Fsp3) is 0.556. The van der Waals surface area contributed by atoms with Crippen LogP contribution in [0.4, 0.5) is 0 Å². The van der Waals surface area contributed by atoms with Gasteiger partial charge < -0.3 is 9.47 Å². The molecule has 0 spiro atoms. The van der Waals surface area contributed by atoms with Crippen molar-refractivity contribution in [3.63, 3.8) is 0 Å². The monoisotopic (exact) mass is 424 g/mol. The average Bonchev–Trinajstić information content (AvgIpc) is 2.81. The topological polar surface area (TPSA) is 44.2 Å². The van der Waals surface area contributed by atoms with Crippen LogP contribution in [0.5, 0.6) is 5.75 Å². The highest BCUT2D eigenvalue weighted by molar-refractivity contribution is 5.55. The number of hydrogen-bond donors (Lipinski definition) is 0. The molecule has 0 saturated carbocycles. The minimum absolute atomic E-state index is 0.726. The molecule has 2 rings (SSSR count). The highest BCUT2D eigenvalue weighted by Gasteiger charge is 2.03. The summed E-state index contributed by atoms with van der Waals surface area (Å²) in [5.74, 6) is 1.49. The molecule has 4 heteroatoms. The highest BCUT2D eigenvalue weighted by Crippen LogP contribution is 2.18. The van der Waals surface area contributed by atoms with E-state index in [1.165, 1.54) is 44.1 Å². The van der Waals surface area contributed by atoms with E-state index in [1.54, 1.807) is 12.4 Å². The predicted molar refractivity (Wildman–Crippen MR) is 130 cm³/mol. The van der Waals surface area contributed by atoms with Gasteiger partial charge in [-0.1, -0.05) is 62.9 Å². The van der Waals surface area contributed by atoms with Crippen LogP contribution in [0, 0.1) is 0 Å². The number of aromatic nitrogens is 2. The number of benzene rings is 1. The van der Waals surface area contributed by atoms with Crippen molar-refractivity contribution in [2.75, 3.05) is 19.8 Å². The summed E-state index contributed by atoms with van der Waals surface area (Å²) in [6.07, 6.45) is 18.5. The van der Waals surface area contributed by atoms with Crippen molar-refractivity contribution >= 4 is 0 Å². The van der Waals surface area contributed by atoms with Gasteiger partial charge in [-0.2, -0.15) is 0 Å². The summed E-state index contributed by atoms with van der Waals surface area (Å²) >= 11 is 0. The van der Waals surface area contributed by atoms with Crippen molar-refractivity contribution in [1.82, 2.24) is 9.97 Å². The first-order chi connectivity index (χ1) is 15.3. The van der Waals surface area contributed by atoms with Crippen molar-refractivity contribution in [3.8, 4) is 17.1 Å². The summed E-state index contributed by atoms with van der Waals surface area (Å²) in [7, 11) is 0. The van der Waals surface area contributed by atoms with Crippen LogP contribution in [-0.2, 0) is 11.2 Å². The number of rotatable bonds is 18. The molecule has 0 atom stereocenters. The molecule has 0 aliphatic heterocycles. The van der Waals surface area contributed by atoms with E-state index in [0.29, 0.717) is 0 Å². The fourth-order valence-corrected chi connectivity index (χ4v) is 3.43. The third-order valence-electron chi connectivity index (χ3n) is 5.26. The van der Waals surface area contributed by atoms with Gasteiger partial charge in [0.2, 0.25) is 0 Å². The van der Waals surface area contributed by atoms with Crippen molar-refractivity contribution in [2.45, 2.75) is 77.6 Å². The van der Waals surface area contributed by atoms with Gasteiger partial charge in [-0.05, 0) is 50.5 Å². The molecule has 170 valence electrons. The molecule has 1 heterocycles. The third kappa shape index (κ3) is 11.1. The summed E-state index contributed by atoms with van der Waals surface area (Å²) in [6, 6.07) is 8.60. The summed E-state index contributed by atoms with van der Waals surface area (Å²) < 4.78 is 11.3. The minimum Gasteiger partial charge on any atom is -0.490 e. The predicted octanol–water partition coefficient (Wildman–Crippen LogP) is 7.19. The van der Waals surface area contributed by atoms with Crippen LogP contribution in [0.15, 0.2) is 49.3 Å². The Hall–Kier alpha value is -2.20. The molecule has 1 aromatic carbocycles. The third-order valence-corrected chi connectivity index (χ3v) is 5.26. The van der Waals surface area contributed by atoms with Crippen LogP contribution in [0.25, 0.3) is 11.4 Å². The molecular formula is C27H40N2O2. The molecule has 31 heavy (non-hydrogen) atoms. The SMILES string of the molecule is C=CCCCCCCCOc1cnc(-c2ccc(CCCCCOCCC)cc2)nc1. The minimum atomic E-state index is 0.726. The van der Waals surface area contributed by atoms with Crippen LogP contribution in [-0.4, -0.2) is 29.8 Å². The first kappa shape index (κ1) is 25.1. The standard InChI is InChI=1S/C27H40N2O2/c1-3-5-6-7-8-9-13-21-31-26-22-28-27(29-23-26)25-17-15-24(16-18-25)14-11-10-12-20-30-19-4-2/h3,15-18,22-23H,1,4-14,19-21H2,2H3. The van der Waals surface area contributed by atoms with Gasteiger partial charge in [0.15, 0.2) is 11.6 Å². The van der Waals surface area contributed by atoms with Gasteiger partial charge in [-0.3, -0.25) is 0 Å². The number of allylic oxidation sites excluding steroid dienone is 1. The van der Waals surface area contributed by atoms with Gasteiger partial charge >= 0.3 is 0 Å². The molecule has 0 saturated heterocycles. The Morgan fingerprint density at radius 2 is 1.48 bits per heavy atom. The van der Waals surface area contributed by atoms with E-state index in [1.807, 2.05) is 6.08 Å². The molecule has 0 N–H and O–H groups in total. The van der Waals surface area contributed by atoms with Crippen molar-refractivity contribution in [2.24, 2.45) is 0 Å². The van der Waals surface area contributed by atoms with Crippen molar-refractivity contribution < 1.29 is 9.47 Å². The second-order valence-corrected chi connectivity index (χ2v) is 8.06. The maximum atomic E-state index is 5.78. The lowest BCUT2D eigenvalue weighted by molar-refractivity contribution is 0.130. The van der Waals surface area contributed by atoms with Gasteiger partial charge in [0.25, 0.3) is 0 Å². The average molecular weight is 425 g/mol. The van der Waals surface area contributed by atoms with Gasteiger partial charge in [-0.25, -0.2) is 9.97 Å². The van der Waals surface area contributed by atoms with E-state index in [4.69, 9.17) is 9.47 Å². The Morgan fingerprint density at radius 1 is 0.806 bits per heavy atom. The van der Waals surface area contributed by atoms with Gasteiger partial charge in [0.05, 0.1) is 19.0 Å². The summed E-state index contributed by atoms with van der Waals surface area (Å²) in [4.78, 5) is 8.96. The first-order valence-electron chi connectivity index (χ1n) is 12.1. The van der Waals surface area contributed by atoms with E-state index >= 15 is 0 Å². The zero-order valence-corrected chi connectivity index (χ0v) is 19.4. The van der Waals surface area contributed by atoms with Crippen LogP contribution >= 0.6 is 0 Å². The molecule has 4 nitrogen and oxygen atoms in total. The maximum Gasteiger partial charge on any atom is 0.159 e. The molecule has 0 aliphatic rings. The van der Waals surface area contributed by atoms with Gasteiger partial charge in [0.1, 0.15) is 0 Å². The summed E-state index contributed by atoms with van der Waals surface area (Å²) in [5.41, 5.74) is 2.41. The Labute approximate surface area is 189 Å². The zero-order valence-electron chi connectivity index (χ0n) is 19.4. The molecule has 0 amide bonds. The van der Waals surface area contributed by atoms with Gasteiger partial charge in [0, 0.05) is 18.8 Å². The Balaban J connectivity index is 1.63. The van der Waals surface area contributed by atoms with E-state index in [-0.39, 0.29) is 0 Å². The maximum absolute atomic E-state index is 5.78. The normalized spacial score (nSPS) is 10.9. The lowest BCUT2D eigenvalue weighted by Crippen LogP contribution is -1.99. The van der Waals surface area contributed by atoms with Crippen LogP contribution < -0.4 is 4.74 Å². The second kappa shape index (κ2) is 16.5. The number of hydrogen-bond acceptors (Lipinski definition) is 4. The van der Waals surface area contributed by atoms with E-state index < -0.39 is 0 Å². The smallest absolute Gasteiger partial charge is 0.159 e. The largest absolute Gasteiger partial charge is 0.490 e. The lowest BCUT2D eigenvalue weighted by atomic mass is 10.0. The van der Waals surface area contributed by atoms with Crippen molar-refractivity contribution in [1.29, 1.82) is 0 Å². The summed E-state index contributed by atoms with van der Waals surface area (Å²) in [6.45, 7) is 8.40. The number of aryl methyl sites for hydroxylation is 1. The Morgan fingerprint density at radius 3 is 2.23 bits per heavy atom. The van der Waals surface area contributed by atoms with Crippen LogP contribution in [0.2, 0.25) is 0 Å². The molecule has 0 radical (unpaired) electrons. The molecule has 0 fully saturated rings. The first-order valence-corrected chi connectivity index (χ1v) is 12.1. The summed E-state index contributed by atoms with van der Waals surface area (Å²) in [5, 5.41) is 0. The number of nitrogens with zero attached hydrogens (tertiary/aromatic N) is 2. The van der Waals surface area contributed by atoms with E-state index in [9.17, 15) is 0 Å². The quantitative estimate of drug-likeness (QED) is 0.188. The molecule has 1 aromatic heterocycles. The van der Waals surface area contributed by atoms with Crippen LogP contribution in [0.3, 0.4) is 0 Å². The van der Waals surface area contributed by atoms with E-state index in [2.05, 4.69) is 47.7 Å². The van der Waals surface area contributed by atoms with Gasteiger partial charge in [-0.15, -0.1) is 6.58 Å². The highest BCUT2D eigenvalue weighted by atomic mass is 16.5. The number of ether oxygens (including phenoxy) is 2. The molecular weight excluding hydrogens is 384 g/mol.